The molecule has 0 saturated carbocycles. The molecule has 0 radical (unpaired) electrons. The second-order valence-corrected chi connectivity index (χ2v) is 6.76. The maximum absolute atomic E-state index is 13.2. The number of carbonyl (C=O) groups is 2. The molecule has 8 heteroatoms. The summed E-state index contributed by atoms with van der Waals surface area (Å²) in [4.78, 5) is 24.7. The molecule has 1 aromatic carbocycles. The second kappa shape index (κ2) is 5.99. The van der Waals surface area contributed by atoms with Crippen molar-refractivity contribution >= 4 is 22.8 Å². The molecular weight excluding hydrogens is 328 g/mol. The molecule has 1 amide bonds. The predicted octanol–water partition coefficient (Wildman–Crippen LogP) is 2.64. The minimum atomic E-state index is -3.67. The van der Waals surface area contributed by atoms with Gasteiger partial charge in [0.15, 0.2) is 16.6 Å². The summed E-state index contributed by atoms with van der Waals surface area (Å²) in [5.74, 6) is 0.575. The van der Waals surface area contributed by atoms with E-state index in [1.807, 2.05) is 0 Å². The third-order valence-electron chi connectivity index (χ3n) is 3.69. The van der Waals surface area contributed by atoms with Gasteiger partial charge >= 0.3 is 6.29 Å². The van der Waals surface area contributed by atoms with Gasteiger partial charge < -0.3 is 14.4 Å². The van der Waals surface area contributed by atoms with Crippen LogP contribution in [-0.2, 0) is 16.1 Å². The molecule has 0 bridgehead atoms. The van der Waals surface area contributed by atoms with Crippen molar-refractivity contribution in [3.63, 3.8) is 0 Å². The molecule has 0 N–H and O–H groups in total. The Bertz CT molecular complexity index is 652. The predicted molar refractivity (Wildman–Crippen MR) is 79.3 cm³/mol. The van der Waals surface area contributed by atoms with Crippen LogP contribution in [-0.4, -0.2) is 34.5 Å². The van der Waals surface area contributed by atoms with Crippen LogP contribution < -0.4 is 9.47 Å². The second-order valence-electron chi connectivity index (χ2n) is 5.56. The van der Waals surface area contributed by atoms with Crippen LogP contribution in [0.3, 0.4) is 0 Å². The number of rotatable bonds is 4. The van der Waals surface area contributed by atoms with Crippen LogP contribution >= 0.6 is 11.8 Å². The van der Waals surface area contributed by atoms with E-state index in [1.165, 1.54) is 24.8 Å². The fourth-order valence-electron chi connectivity index (χ4n) is 2.71. The number of ether oxygens (including phenoxy) is 2. The molecule has 2 heterocycles. The van der Waals surface area contributed by atoms with Gasteiger partial charge in [-0.1, -0.05) is 23.9 Å². The molecule has 2 aliphatic heterocycles. The molecule has 1 aromatic rings. The number of likely N-dealkylation sites (tertiary alicyclic amines) is 1. The van der Waals surface area contributed by atoms with Crippen LogP contribution in [0, 0.1) is 5.92 Å². The van der Waals surface area contributed by atoms with Crippen molar-refractivity contribution < 1.29 is 27.8 Å². The Kier molecular flexibility index (Phi) is 4.18. The lowest BCUT2D eigenvalue weighted by atomic mass is 10.1. The number of carbonyl (C=O) groups excluding carboxylic acids is 2. The number of amides is 1. The fourth-order valence-corrected chi connectivity index (χ4v) is 3.40. The number of hydrogen-bond donors (Lipinski definition) is 0. The number of alkyl halides is 2. The third kappa shape index (κ3) is 3.57. The highest BCUT2D eigenvalue weighted by atomic mass is 32.2. The van der Waals surface area contributed by atoms with E-state index in [4.69, 9.17) is 0 Å². The number of fused-ring (bicyclic) bond motifs is 1. The smallest absolute Gasteiger partial charge is 0.395 e. The molecule has 0 aliphatic carbocycles. The van der Waals surface area contributed by atoms with Crippen LogP contribution in [0.5, 0.6) is 11.5 Å². The zero-order valence-electron chi connectivity index (χ0n) is 12.4. The summed E-state index contributed by atoms with van der Waals surface area (Å²) in [6.07, 6.45) is -3.31. The van der Waals surface area contributed by atoms with E-state index in [-0.39, 0.29) is 35.0 Å². The summed E-state index contributed by atoms with van der Waals surface area (Å²) in [5, 5.41) is 0.0181. The van der Waals surface area contributed by atoms with Gasteiger partial charge in [0.05, 0.1) is 0 Å². The van der Waals surface area contributed by atoms with E-state index in [0.29, 0.717) is 24.3 Å². The normalized spacial score (nSPS) is 21.8. The van der Waals surface area contributed by atoms with Crippen LogP contribution in [0.15, 0.2) is 18.2 Å². The first-order valence-electron chi connectivity index (χ1n) is 7.13. The molecule has 0 aromatic heterocycles. The monoisotopic (exact) mass is 343 g/mol. The Morgan fingerprint density at radius 1 is 1.43 bits per heavy atom. The molecule has 0 spiro atoms. The average Bonchev–Trinajstić information content (AvgIpc) is 2.96. The molecule has 2 aliphatic rings. The average molecular weight is 343 g/mol. The van der Waals surface area contributed by atoms with Crippen molar-refractivity contribution in [1.82, 2.24) is 4.90 Å². The van der Waals surface area contributed by atoms with Crippen LogP contribution in [0.4, 0.5) is 8.78 Å². The van der Waals surface area contributed by atoms with E-state index in [2.05, 4.69) is 9.47 Å². The first-order valence-corrected chi connectivity index (χ1v) is 8.11. The van der Waals surface area contributed by atoms with Gasteiger partial charge in [-0.15, -0.1) is 8.78 Å². The summed E-state index contributed by atoms with van der Waals surface area (Å²) >= 11 is 1.20. The number of halogens is 2. The third-order valence-corrected chi connectivity index (χ3v) is 4.73. The van der Waals surface area contributed by atoms with E-state index >= 15 is 0 Å². The van der Waals surface area contributed by atoms with Crippen molar-refractivity contribution in [1.29, 1.82) is 0 Å². The first-order chi connectivity index (χ1) is 10.8. The number of para-hydroxylation sites is 1. The fraction of sp³-hybridized carbons (Fsp3) is 0.467. The molecule has 1 atom stereocenters. The number of nitrogens with zero attached hydrogens (tertiary/aromatic N) is 1. The van der Waals surface area contributed by atoms with Crippen LogP contribution in [0.1, 0.15) is 18.9 Å². The van der Waals surface area contributed by atoms with Gasteiger partial charge in [-0.25, -0.2) is 0 Å². The Balaban J connectivity index is 1.68. The van der Waals surface area contributed by atoms with Gasteiger partial charge in [-0.2, -0.15) is 0 Å². The maximum Gasteiger partial charge on any atom is 0.586 e. The molecule has 1 fully saturated rings. The highest BCUT2D eigenvalue weighted by Gasteiger charge is 2.44. The van der Waals surface area contributed by atoms with Crippen LogP contribution in [0.25, 0.3) is 0 Å². The van der Waals surface area contributed by atoms with Crippen molar-refractivity contribution in [2.24, 2.45) is 5.92 Å². The molecule has 3 rings (SSSR count). The Morgan fingerprint density at radius 3 is 2.96 bits per heavy atom. The molecule has 124 valence electrons. The highest BCUT2D eigenvalue weighted by Crippen LogP contribution is 2.43. The zero-order valence-corrected chi connectivity index (χ0v) is 13.2. The van der Waals surface area contributed by atoms with E-state index in [0.717, 1.165) is 0 Å². The first kappa shape index (κ1) is 16.0. The Morgan fingerprint density at radius 2 is 2.22 bits per heavy atom. The van der Waals surface area contributed by atoms with Crippen molar-refractivity contribution in [2.75, 3.05) is 12.3 Å². The quantitative estimate of drug-likeness (QED) is 0.841. The molecular formula is C15H15F2NO4S. The van der Waals surface area contributed by atoms with Gasteiger partial charge in [-0.3, -0.25) is 9.59 Å². The molecule has 1 saturated heterocycles. The topological polar surface area (TPSA) is 55.8 Å². The summed E-state index contributed by atoms with van der Waals surface area (Å²) < 4.78 is 35.3. The minimum Gasteiger partial charge on any atom is -0.395 e. The van der Waals surface area contributed by atoms with E-state index in [9.17, 15) is 18.4 Å². The molecule has 1 unspecified atom stereocenters. The van der Waals surface area contributed by atoms with Crippen molar-refractivity contribution in [2.45, 2.75) is 26.2 Å². The summed E-state index contributed by atoms with van der Waals surface area (Å²) in [7, 11) is 0. The van der Waals surface area contributed by atoms with Gasteiger partial charge in [0.1, 0.15) is 0 Å². The number of thioether (sulfide) groups is 1. The number of hydrogen-bond acceptors (Lipinski definition) is 5. The number of benzene rings is 1. The van der Waals surface area contributed by atoms with Crippen LogP contribution in [0.2, 0.25) is 0 Å². The van der Waals surface area contributed by atoms with Gasteiger partial charge in [0.25, 0.3) is 0 Å². The summed E-state index contributed by atoms with van der Waals surface area (Å²) in [5.41, 5.74) is 0.480. The maximum atomic E-state index is 13.2. The van der Waals surface area contributed by atoms with E-state index < -0.39 is 6.29 Å². The largest absolute Gasteiger partial charge is 0.586 e. The van der Waals surface area contributed by atoms with Gasteiger partial charge in [0.2, 0.25) is 5.91 Å². The summed E-state index contributed by atoms with van der Waals surface area (Å²) in [6, 6.07) is 4.62. The Labute approximate surface area is 135 Å². The lowest BCUT2D eigenvalue weighted by Gasteiger charge is -2.17. The van der Waals surface area contributed by atoms with Gasteiger partial charge in [-0.05, 0) is 12.0 Å². The van der Waals surface area contributed by atoms with E-state index in [1.54, 1.807) is 17.0 Å². The Hall–Kier alpha value is -1.83. The lowest BCUT2D eigenvalue weighted by Crippen LogP contribution is -2.27. The standard InChI is InChI=1S/C15H15F2NO4S/c1-9(19)23-8-10-5-13(20)18(6-10)7-11-3-2-4-12-14(11)22-15(16,17)21-12/h2-4,10H,5-8H2,1H3. The van der Waals surface area contributed by atoms with Crippen molar-refractivity contribution in [3.8, 4) is 11.5 Å². The van der Waals surface area contributed by atoms with Crippen molar-refractivity contribution in [3.05, 3.63) is 23.8 Å². The highest BCUT2D eigenvalue weighted by molar-refractivity contribution is 8.13. The lowest BCUT2D eigenvalue weighted by molar-refractivity contribution is -0.287. The SMILES string of the molecule is CC(=O)SCC1CC(=O)N(Cc2cccc3c2OC(F)(F)O3)C1. The minimum absolute atomic E-state index is 0.0181. The van der Waals surface area contributed by atoms with Gasteiger partial charge in [0, 0.05) is 37.8 Å². The zero-order chi connectivity index (χ0) is 16.6. The molecule has 23 heavy (non-hydrogen) atoms. The summed E-state index contributed by atoms with van der Waals surface area (Å²) in [6.45, 7) is 2.17. The molecule has 5 nitrogen and oxygen atoms in total.